The summed E-state index contributed by atoms with van der Waals surface area (Å²) in [5, 5.41) is 11.4. The molecule has 0 radical (unpaired) electrons. The van der Waals surface area contributed by atoms with Gasteiger partial charge in [-0.2, -0.15) is 13.2 Å². The number of aliphatic hydroxyl groups excluding tert-OH is 1. The van der Waals surface area contributed by atoms with E-state index in [9.17, 15) is 13.2 Å². The fourth-order valence-corrected chi connectivity index (χ4v) is 2.88. The Morgan fingerprint density at radius 3 is 2.18 bits per heavy atom. The Morgan fingerprint density at radius 2 is 1.76 bits per heavy atom. The van der Waals surface area contributed by atoms with E-state index in [1.807, 2.05) is 6.92 Å². The molecule has 0 aliphatic carbocycles. The molecule has 1 aromatic carbocycles. The second-order valence-electron chi connectivity index (χ2n) is 3.54. The molecule has 1 rings (SSSR count). The summed E-state index contributed by atoms with van der Waals surface area (Å²) in [5.74, 6) is 0. The molecule has 1 aromatic rings. The number of aliphatic hydroxyl groups is 1. The lowest BCUT2D eigenvalue weighted by Crippen LogP contribution is -2.35. The zero-order valence-electron chi connectivity index (χ0n) is 8.78. The van der Waals surface area contributed by atoms with Crippen molar-refractivity contribution in [1.29, 1.82) is 0 Å². The number of rotatable bonds is 3. The molecule has 0 bridgehead atoms. The zero-order chi connectivity index (χ0) is 13.2. The van der Waals surface area contributed by atoms with Crippen LogP contribution in [-0.4, -0.2) is 23.9 Å². The number of anilines is 1. The van der Waals surface area contributed by atoms with Gasteiger partial charge in [0.2, 0.25) is 0 Å². The number of hydrogen-bond donors (Lipinski definition) is 2. The molecular weight excluding hydrogens is 367 g/mol. The van der Waals surface area contributed by atoms with Gasteiger partial charge < -0.3 is 10.4 Å². The van der Waals surface area contributed by atoms with Crippen LogP contribution in [0.15, 0.2) is 21.1 Å². The molecule has 1 unspecified atom stereocenters. The van der Waals surface area contributed by atoms with Gasteiger partial charge in [-0.05, 0) is 56.5 Å². The summed E-state index contributed by atoms with van der Waals surface area (Å²) >= 11 is 6.49. The number of alkyl halides is 3. The van der Waals surface area contributed by atoms with Crippen molar-refractivity contribution in [3.05, 3.63) is 26.6 Å². The molecule has 0 heterocycles. The molecule has 0 fully saturated rings. The fourth-order valence-electron chi connectivity index (χ4n) is 1.18. The lowest BCUT2D eigenvalue weighted by Gasteiger charge is -2.17. The Kier molecular flexibility index (Phi) is 4.86. The Hall–Kier alpha value is -0.270. The first-order valence-corrected chi connectivity index (χ1v) is 6.24. The van der Waals surface area contributed by atoms with E-state index in [1.165, 1.54) is 0 Å². The van der Waals surface area contributed by atoms with Gasteiger partial charge >= 0.3 is 6.18 Å². The summed E-state index contributed by atoms with van der Waals surface area (Å²) in [6.07, 6.45) is -7.00. The SMILES string of the molecule is Cc1cc(Br)c(NCC(O)C(F)(F)F)c(Br)c1. The first kappa shape index (κ1) is 14.8. The van der Waals surface area contributed by atoms with Gasteiger partial charge in [0.05, 0.1) is 5.69 Å². The number of nitrogens with one attached hydrogen (secondary N) is 1. The van der Waals surface area contributed by atoms with Crippen molar-refractivity contribution in [2.75, 3.05) is 11.9 Å². The Bertz CT molecular complexity index is 386. The summed E-state index contributed by atoms with van der Waals surface area (Å²) in [7, 11) is 0. The van der Waals surface area contributed by atoms with Gasteiger partial charge in [-0.15, -0.1) is 0 Å². The highest BCUT2D eigenvalue weighted by atomic mass is 79.9. The first-order valence-electron chi connectivity index (χ1n) is 4.66. The predicted octanol–water partition coefficient (Wildman–Crippen LogP) is 3.86. The number of benzene rings is 1. The van der Waals surface area contributed by atoms with Gasteiger partial charge in [0.15, 0.2) is 6.10 Å². The first-order chi connectivity index (χ1) is 7.71. The maximum atomic E-state index is 12.1. The molecule has 0 amide bonds. The summed E-state index contributed by atoms with van der Waals surface area (Å²) in [6.45, 7) is 1.27. The summed E-state index contributed by atoms with van der Waals surface area (Å²) < 4.78 is 37.6. The number of hydrogen-bond acceptors (Lipinski definition) is 2. The monoisotopic (exact) mass is 375 g/mol. The third kappa shape index (κ3) is 4.15. The molecule has 0 aliphatic heterocycles. The van der Waals surface area contributed by atoms with E-state index in [0.717, 1.165) is 5.56 Å². The maximum Gasteiger partial charge on any atom is 0.416 e. The minimum absolute atomic E-state index is 0.485. The quantitative estimate of drug-likeness (QED) is 0.839. The molecule has 96 valence electrons. The Morgan fingerprint density at radius 1 is 1.29 bits per heavy atom. The second-order valence-corrected chi connectivity index (χ2v) is 5.25. The van der Waals surface area contributed by atoms with Crippen molar-refractivity contribution in [1.82, 2.24) is 0 Å². The van der Waals surface area contributed by atoms with Crippen LogP contribution in [0.3, 0.4) is 0 Å². The highest BCUT2D eigenvalue weighted by molar-refractivity contribution is 9.11. The summed E-state index contributed by atoms with van der Waals surface area (Å²) in [6, 6.07) is 3.54. The van der Waals surface area contributed by atoms with Crippen molar-refractivity contribution in [2.24, 2.45) is 0 Å². The normalized spacial score (nSPS) is 13.6. The molecule has 2 nitrogen and oxygen atoms in total. The lowest BCUT2D eigenvalue weighted by atomic mass is 10.2. The Labute approximate surface area is 113 Å². The average molecular weight is 377 g/mol. The third-order valence-corrected chi connectivity index (χ3v) is 3.29. The van der Waals surface area contributed by atoms with Crippen LogP contribution in [0.1, 0.15) is 5.56 Å². The highest BCUT2D eigenvalue weighted by Gasteiger charge is 2.37. The highest BCUT2D eigenvalue weighted by Crippen LogP contribution is 2.32. The van der Waals surface area contributed by atoms with Crippen LogP contribution >= 0.6 is 31.9 Å². The molecule has 0 spiro atoms. The molecule has 0 aliphatic rings. The van der Waals surface area contributed by atoms with Crippen LogP contribution in [-0.2, 0) is 0 Å². The average Bonchev–Trinajstić information content (AvgIpc) is 2.13. The van der Waals surface area contributed by atoms with E-state index in [1.54, 1.807) is 12.1 Å². The van der Waals surface area contributed by atoms with Crippen molar-refractivity contribution < 1.29 is 18.3 Å². The molecule has 0 aromatic heterocycles. The van der Waals surface area contributed by atoms with Crippen LogP contribution in [0.2, 0.25) is 0 Å². The van der Waals surface area contributed by atoms with E-state index in [-0.39, 0.29) is 0 Å². The predicted molar refractivity (Wildman–Crippen MR) is 67.1 cm³/mol. The van der Waals surface area contributed by atoms with Crippen molar-refractivity contribution in [2.45, 2.75) is 19.2 Å². The van der Waals surface area contributed by atoms with E-state index < -0.39 is 18.8 Å². The van der Waals surface area contributed by atoms with Crippen LogP contribution in [0.5, 0.6) is 0 Å². The van der Waals surface area contributed by atoms with Crippen LogP contribution in [0, 0.1) is 6.92 Å². The maximum absolute atomic E-state index is 12.1. The van der Waals surface area contributed by atoms with Crippen LogP contribution in [0.25, 0.3) is 0 Å². The summed E-state index contributed by atoms with van der Waals surface area (Å²) in [4.78, 5) is 0. The van der Waals surface area contributed by atoms with E-state index in [0.29, 0.717) is 14.6 Å². The topological polar surface area (TPSA) is 32.3 Å². The third-order valence-electron chi connectivity index (χ3n) is 2.04. The minimum Gasteiger partial charge on any atom is -0.382 e. The molecule has 0 saturated carbocycles. The van der Waals surface area contributed by atoms with Gasteiger partial charge in [0.1, 0.15) is 0 Å². The van der Waals surface area contributed by atoms with Crippen molar-refractivity contribution in [3.8, 4) is 0 Å². The lowest BCUT2D eigenvalue weighted by molar-refractivity contribution is -0.198. The summed E-state index contributed by atoms with van der Waals surface area (Å²) in [5.41, 5.74) is 1.45. The second kappa shape index (κ2) is 5.58. The van der Waals surface area contributed by atoms with Gasteiger partial charge in [0, 0.05) is 15.5 Å². The van der Waals surface area contributed by atoms with E-state index in [4.69, 9.17) is 5.11 Å². The molecule has 2 N–H and O–H groups in total. The van der Waals surface area contributed by atoms with Gasteiger partial charge in [-0.3, -0.25) is 0 Å². The smallest absolute Gasteiger partial charge is 0.382 e. The van der Waals surface area contributed by atoms with Crippen molar-refractivity contribution >= 4 is 37.5 Å². The Balaban J connectivity index is 2.77. The largest absolute Gasteiger partial charge is 0.416 e. The molecule has 17 heavy (non-hydrogen) atoms. The van der Waals surface area contributed by atoms with Crippen LogP contribution in [0.4, 0.5) is 18.9 Å². The standard InChI is InChI=1S/C10H10Br2F3NO/c1-5-2-6(11)9(7(12)3-5)16-4-8(17)10(13,14)15/h2-3,8,16-17H,4H2,1H3. The number of halogens is 5. The van der Waals surface area contributed by atoms with E-state index >= 15 is 0 Å². The zero-order valence-corrected chi connectivity index (χ0v) is 11.9. The van der Waals surface area contributed by atoms with Gasteiger partial charge in [-0.1, -0.05) is 0 Å². The molecule has 7 heteroatoms. The fraction of sp³-hybridized carbons (Fsp3) is 0.400. The van der Waals surface area contributed by atoms with Crippen molar-refractivity contribution in [3.63, 3.8) is 0 Å². The van der Waals surface area contributed by atoms with Gasteiger partial charge in [-0.25, -0.2) is 0 Å². The molecule has 0 saturated heterocycles. The van der Waals surface area contributed by atoms with Crippen LogP contribution < -0.4 is 5.32 Å². The molecular formula is C10H10Br2F3NO. The van der Waals surface area contributed by atoms with E-state index in [2.05, 4.69) is 37.2 Å². The minimum atomic E-state index is -4.61. The van der Waals surface area contributed by atoms with Gasteiger partial charge in [0.25, 0.3) is 0 Å². The molecule has 1 atom stereocenters. The number of aryl methyl sites for hydroxylation is 1.